The molecular formula is C18H20N4O5. The van der Waals surface area contributed by atoms with E-state index in [2.05, 4.69) is 16.0 Å². The fraction of sp³-hybridized carbons (Fsp3) is 0.389. The molecule has 1 unspecified atom stereocenters. The van der Waals surface area contributed by atoms with Crippen LogP contribution in [0.25, 0.3) is 0 Å². The first kappa shape index (κ1) is 18.6. The number of nitrogens with one attached hydrogen (secondary N) is 3. The zero-order chi connectivity index (χ0) is 19.6. The predicted molar refractivity (Wildman–Crippen MR) is 94.9 cm³/mol. The third kappa shape index (κ3) is 3.81. The van der Waals surface area contributed by atoms with E-state index in [9.17, 15) is 24.0 Å². The minimum absolute atomic E-state index is 0.0882. The summed E-state index contributed by atoms with van der Waals surface area (Å²) < 4.78 is 0. The van der Waals surface area contributed by atoms with Crippen LogP contribution in [-0.4, -0.2) is 53.6 Å². The molecule has 3 N–H and O–H groups in total. The Hall–Kier alpha value is -3.23. The van der Waals surface area contributed by atoms with Crippen molar-refractivity contribution in [3.8, 4) is 0 Å². The molecule has 0 saturated carbocycles. The van der Waals surface area contributed by atoms with Gasteiger partial charge in [-0.3, -0.25) is 34.2 Å². The van der Waals surface area contributed by atoms with Gasteiger partial charge in [0.2, 0.25) is 17.7 Å². The zero-order valence-electron chi connectivity index (χ0n) is 14.8. The highest BCUT2D eigenvalue weighted by Crippen LogP contribution is 2.29. The summed E-state index contributed by atoms with van der Waals surface area (Å²) in [4.78, 5) is 60.4. The van der Waals surface area contributed by atoms with E-state index in [4.69, 9.17) is 0 Å². The molecule has 3 rings (SSSR count). The molecule has 0 radical (unpaired) electrons. The van der Waals surface area contributed by atoms with Gasteiger partial charge in [0.1, 0.15) is 6.04 Å². The van der Waals surface area contributed by atoms with E-state index in [0.29, 0.717) is 25.2 Å². The Morgan fingerprint density at radius 3 is 2.59 bits per heavy atom. The van der Waals surface area contributed by atoms with Crippen LogP contribution in [0.5, 0.6) is 0 Å². The number of imide groups is 2. The molecule has 142 valence electrons. The summed E-state index contributed by atoms with van der Waals surface area (Å²) in [5.74, 6) is -2.19. The number of piperidine rings is 1. The number of carbonyl (C=O) groups is 5. The quantitative estimate of drug-likeness (QED) is 0.478. The summed E-state index contributed by atoms with van der Waals surface area (Å²) in [5.41, 5.74) is 1.15. The van der Waals surface area contributed by atoms with Gasteiger partial charge in [0.25, 0.3) is 11.8 Å². The SMILES string of the molecule is CC(=O)NCCCNc1ccc2c(c1)C(=O)N(C1CCC(=O)NC1=O)C2=O. The minimum Gasteiger partial charge on any atom is -0.385 e. The number of rotatable bonds is 6. The number of fused-ring (bicyclic) bond motifs is 1. The Balaban J connectivity index is 1.68. The van der Waals surface area contributed by atoms with Gasteiger partial charge in [-0.05, 0) is 31.0 Å². The number of benzene rings is 1. The summed E-state index contributed by atoms with van der Waals surface area (Å²) in [6.07, 6.45) is 0.918. The van der Waals surface area contributed by atoms with Crippen molar-refractivity contribution in [2.45, 2.75) is 32.2 Å². The fourth-order valence-electron chi connectivity index (χ4n) is 3.17. The van der Waals surface area contributed by atoms with Gasteiger partial charge >= 0.3 is 0 Å². The van der Waals surface area contributed by atoms with Gasteiger partial charge in [0.05, 0.1) is 11.1 Å². The largest absolute Gasteiger partial charge is 0.385 e. The molecule has 0 aliphatic carbocycles. The number of hydrogen-bond donors (Lipinski definition) is 3. The molecule has 2 heterocycles. The van der Waals surface area contributed by atoms with Gasteiger partial charge in [-0.2, -0.15) is 0 Å². The second-order valence-electron chi connectivity index (χ2n) is 6.47. The third-order valence-corrected chi connectivity index (χ3v) is 4.50. The van der Waals surface area contributed by atoms with E-state index in [1.165, 1.54) is 6.92 Å². The number of carbonyl (C=O) groups excluding carboxylic acids is 5. The van der Waals surface area contributed by atoms with Crippen LogP contribution in [-0.2, 0) is 14.4 Å². The first-order chi connectivity index (χ1) is 12.9. The highest BCUT2D eigenvalue weighted by molar-refractivity contribution is 6.23. The van der Waals surface area contributed by atoms with Crippen molar-refractivity contribution in [2.75, 3.05) is 18.4 Å². The van der Waals surface area contributed by atoms with Gasteiger partial charge in [-0.15, -0.1) is 0 Å². The van der Waals surface area contributed by atoms with E-state index in [-0.39, 0.29) is 29.9 Å². The maximum Gasteiger partial charge on any atom is 0.262 e. The Kier molecular flexibility index (Phi) is 5.20. The van der Waals surface area contributed by atoms with Gasteiger partial charge in [-0.1, -0.05) is 0 Å². The summed E-state index contributed by atoms with van der Waals surface area (Å²) in [6.45, 7) is 2.57. The molecule has 1 aromatic rings. The molecule has 1 fully saturated rings. The van der Waals surface area contributed by atoms with Crippen LogP contribution in [0.1, 0.15) is 46.9 Å². The molecule has 9 heteroatoms. The zero-order valence-corrected chi connectivity index (χ0v) is 14.8. The lowest BCUT2D eigenvalue weighted by Crippen LogP contribution is -2.54. The molecule has 0 aromatic heterocycles. The van der Waals surface area contributed by atoms with Crippen LogP contribution in [0.4, 0.5) is 5.69 Å². The normalized spacial score (nSPS) is 19.0. The average Bonchev–Trinajstić information content (AvgIpc) is 2.86. The third-order valence-electron chi connectivity index (χ3n) is 4.50. The molecule has 1 saturated heterocycles. The molecule has 2 aliphatic rings. The van der Waals surface area contributed by atoms with Crippen molar-refractivity contribution in [3.63, 3.8) is 0 Å². The van der Waals surface area contributed by atoms with Crippen LogP contribution in [0, 0.1) is 0 Å². The lowest BCUT2D eigenvalue weighted by Gasteiger charge is -2.27. The molecule has 2 aliphatic heterocycles. The monoisotopic (exact) mass is 372 g/mol. The lowest BCUT2D eigenvalue weighted by molar-refractivity contribution is -0.136. The highest BCUT2D eigenvalue weighted by Gasteiger charge is 2.44. The number of nitrogens with zero attached hydrogens (tertiary/aromatic N) is 1. The van der Waals surface area contributed by atoms with E-state index >= 15 is 0 Å². The van der Waals surface area contributed by atoms with E-state index in [1.54, 1.807) is 18.2 Å². The van der Waals surface area contributed by atoms with Crippen molar-refractivity contribution in [1.29, 1.82) is 0 Å². The van der Waals surface area contributed by atoms with Gasteiger partial charge in [0.15, 0.2) is 0 Å². The average molecular weight is 372 g/mol. The van der Waals surface area contributed by atoms with E-state index in [0.717, 1.165) is 4.90 Å². The predicted octanol–water partition coefficient (Wildman–Crippen LogP) is 0.0259. The van der Waals surface area contributed by atoms with Gasteiger partial charge in [0, 0.05) is 32.1 Å². The first-order valence-corrected chi connectivity index (χ1v) is 8.72. The van der Waals surface area contributed by atoms with E-state index < -0.39 is 29.7 Å². The molecule has 1 atom stereocenters. The molecule has 9 nitrogen and oxygen atoms in total. The van der Waals surface area contributed by atoms with E-state index in [1.807, 2.05) is 0 Å². The Morgan fingerprint density at radius 2 is 1.89 bits per heavy atom. The Labute approximate surface area is 155 Å². The lowest BCUT2D eigenvalue weighted by atomic mass is 10.0. The van der Waals surface area contributed by atoms with Crippen molar-refractivity contribution in [3.05, 3.63) is 29.3 Å². The number of hydrogen-bond acceptors (Lipinski definition) is 6. The highest BCUT2D eigenvalue weighted by atomic mass is 16.2. The van der Waals surface area contributed by atoms with Crippen molar-refractivity contribution in [1.82, 2.24) is 15.5 Å². The molecule has 27 heavy (non-hydrogen) atoms. The molecule has 1 aromatic carbocycles. The van der Waals surface area contributed by atoms with Crippen LogP contribution in [0.2, 0.25) is 0 Å². The summed E-state index contributed by atoms with van der Waals surface area (Å²) in [5, 5.41) is 7.99. The first-order valence-electron chi connectivity index (χ1n) is 8.72. The number of anilines is 1. The van der Waals surface area contributed by atoms with Crippen LogP contribution in [0.15, 0.2) is 18.2 Å². The van der Waals surface area contributed by atoms with Crippen LogP contribution >= 0.6 is 0 Å². The second kappa shape index (κ2) is 7.56. The molecule has 5 amide bonds. The summed E-state index contributed by atoms with van der Waals surface area (Å²) in [6, 6.07) is 3.86. The summed E-state index contributed by atoms with van der Waals surface area (Å²) in [7, 11) is 0. The Bertz CT molecular complexity index is 835. The fourth-order valence-corrected chi connectivity index (χ4v) is 3.17. The van der Waals surface area contributed by atoms with Crippen molar-refractivity contribution in [2.24, 2.45) is 0 Å². The second-order valence-corrected chi connectivity index (χ2v) is 6.47. The molecule has 0 spiro atoms. The van der Waals surface area contributed by atoms with Gasteiger partial charge < -0.3 is 10.6 Å². The van der Waals surface area contributed by atoms with Crippen LogP contribution < -0.4 is 16.0 Å². The topological polar surface area (TPSA) is 125 Å². The molecular weight excluding hydrogens is 352 g/mol. The maximum absolute atomic E-state index is 12.7. The standard InChI is InChI=1S/C18H20N4O5/c1-10(23)19-7-2-8-20-11-3-4-12-13(9-11)18(27)22(17(12)26)14-5-6-15(24)21-16(14)25/h3-4,9,14,20H,2,5-8H2,1H3,(H,19,23)(H,21,24,25). The maximum atomic E-state index is 12.7. The van der Waals surface area contributed by atoms with Crippen molar-refractivity contribution < 1.29 is 24.0 Å². The van der Waals surface area contributed by atoms with Crippen molar-refractivity contribution >= 4 is 35.2 Å². The van der Waals surface area contributed by atoms with Crippen LogP contribution in [0.3, 0.4) is 0 Å². The Morgan fingerprint density at radius 1 is 1.15 bits per heavy atom. The minimum atomic E-state index is -0.968. The molecule has 0 bridgehead atoms. The van der Waals surface area contributed by atoms with Gasteiger partial charge in [-0.25, -0.2) is 0 Å². The number of amides is 5. The smallest absolute Gasteiger partial charge is 0.262 e. The summed E-state index contributed by atoms with van der Waals surface area (Å²) >= 11 is 0.